The standard InChI is InChI=1S/C30H22N8/c1-5-13-31-23(9-1)19-35-27-17-29(37-21-25-11-3-7-15-33-25)30(38-22-26-12-4-8-16-34-26)18-28(27)36-20-24-10-2-6-14-32-24/h1-22H/b35-19+,36-20+,37-21+,38-22+. The second-order valence-electron chi connectivity index (χ2n) is 7.88. The van der Waals surface area contributed by atoms with Crippen LogP contribution in [0.25, 0.3) is 0 Å². The van der Waals surface area contributed by atoms with Crippen LogP contribution in [0.5, 0.6) is 0 Å². The summed E-state index contributed by atoms with van der Waals surface area (Å²) in [5, 5.41) is 0. The van der Waals surface area contributed by atoms with Crippen LogP contribution in [0.2, 0.25) is 0 Å². The summed E-state index contributed by atoms with van der Waals surface area (Å²) in [5.74, 6) is 0. The smallest absolute Gasteiger partial charge is 0.0910 e. The third kappa shape index (κ3) is 6.79. The van der Waals surface area contributed by atoms with Crippen molar-refractivity contribution in [2.45, 2.75) is 0 Å². The van der Waals surface area contributed by atoms with Gasteiger partial charge >= 0.3 is 0 Å². The molecule has 182 valence electrons. The molecule has 0 aliphatic carbocycles. The zero-order valence-corrected chi connectivity index (χ0v) is 20.3. The van der Waals surface area contributed by atoms with Crippen LogP contribution < -0.4 is 0 Å². The lowest BCUT2D eigenvalue weighted by molar-refractivity contribution is 1.29. The van der Waals surface area contributed by atoms with Gasteiger partial charge in [0.05, 0.1) is 70.4 Å². The fourth-order valence-electron chi connectivity index (χ4n) is 3.32. The molecular formula is C30H22N8. The van der Waals surface area contributed by atoms with Gasteiger partial charge in [0.2, 0.25) is 0 Å². The van der Waals surface area contributed by atoms with Crippen molar-refractivity contribution >= 4 is 47.6 Å². The Morgan fingerprint density at radius 3 is 0.842 bits per heavy atom. The molecule has 0 unspecified atom stereocenters. The summed E-state index contributed by atoms with van der Waals surface area (Å²) in [6, 6.07) is 26.3. The zero-order chi connectivity index (χ0) is 25.8. The van der Waals surface area contributed by atoms with E-state index >= 15 is 0 Å². The highest BCUT2D eigenvalue weighted by Gasteiger charge is 2.09. The van der Waals surface area contributed by atoms with Gasteiger partial charge in [0.25, 0.3) is 0 Å². The van der Waals surface area contributed by atoms with Gasteiger partial charge in [-0.05, 0) is 60.7 Å². The highest BCUT2D eigenvalue weighted by atomic mass is 14.9. The number of rotatable bonds is 8. The van der Waals surface area contributed by atoms with E-state index in [0.717, 1.165) is 22.8 Å². The molecule has 0 amide bonds. The lowest BCUT2D eigenvalue weighted by atomic mass is 10.2. The molecule has 0 atom stereocenters. The highest BCUT2D eigenvalue weighted by Crippen LogP contribution is 2.40. The Bertz CT molecular complexity index is 1340. The summed E-state index contributed by atoms with van der Waals surface area (Å²) in [6.45, 7) is 0. The van der Waals surface area contributed by atoms with Gasteiger partial charge in [0, 0.05) is 24.8 Å². The normalized spacial score (nSPS) is 11.8. The lowest BCUT2D eigenvalue weighted by Gasteiger charge is -2.07. The molecule has 0 saturated heterocycles. The predicted molar refractivity (Wildman–Crippen MR) is 152 cm³/mol. The molecule has 4 heterocycles. The average molecular weight is 495 g/mol. The van der Waals surface area contributed by atoms with E-state index in [1.807, 2.05) is 84.9 Å². The summed E-state index contributed by atoms with van der Waals surface area (Å²) in [6.07, 6.45) is 13.7. The molecule has 5 rings (SSSR count). The van der Waals surface area contributed by atoms with Crippen molar-refractivity contribution in [3.8, 4) is 0 Å². The lowest BCUT2D eigenvalue weighted by Crippen LogP contribution is -1.87. The molecule has 0 radical (unpaired) electrons. The highest BCUT2D eigenvalue weighted by molar-refractivity contribution is 5.91. The van der Waals surface area contributed by atoms with Crippen LogP contribution >= 0.6 is 0 Å². The minimum Gasteiger partial charge on any atom is -0.255 e. The second-order valence-corrected chi connectivity index (χ2v) is 7.88. The number of aromatic nitrogens is 4. The van der Waals surface area contributed by atoms with Crippen molar-refractivity contribution in [3.63, 3.8) is 0 Å². The quantitative estimate of drug-likeness (QED) is 0.237. The van der Waals surface area contributed by atoms with Crippen LogP contribution in [0, 0.1) is 0 Å². The zero-order valence-electron chi connectivity index (χ0n) is 20.3. The van der Waals surface area contributed by atoms with E-state index in [1.54, 1.807) is 49.6 Å². The van der Waals surface area contributed by atoms with Gasteiger partial charge in [-0.1, -0.05) is 24.3 Å². The number of hydrogen-bond donors (Lipinski definition) is 0. The van der Waals surface area contributed by atoms with E-state index in [2.05, 4.69) is 39.9 Å². The number of pyridine rings is 4. The molecule has 0 fully saturated rings. The van der Waals surface area contributed by atoms with E-state index in [-0.39, 0.29) is 0 Å². The van der Waals surface area contributed by atoms with Gasteiger partial charge in [-0.25, -0.2) is 0 Å². The largest absolute Gasteiger partial charge is 0.255 e. The Morgan fingerprint density at radius 2 is 0.632 bits per heavy atom. The first kappa shape index (κ1) is 24.2. The SMILES string of the molecule is C(=N\c1cc(/N=C/c2ccccn2)c(/N=C/c2ccccn2)cc1/N=C/c1ccccn1)/c1ccccn1. The molecule has 0 spiro atoms. The van der Waals surface area contributed by atoms with Gasteiger partial charge < -0.3 is 0 Å². The summed E-state index contributed by atoms with van der Waals surface area (Å²) < 4.78 is 0. The van der Waals surface area contributed by atoms with E-state index in [0.29, 0.717) is 22.7 Å². The summed E-state index contributed by atoms with van der Waals surface area (Å²) in [5.41, 5.74) is 5.32. The maximum Gasteiger partial charge on any atom is 0.0910 e. The van der Waals surface area contributed by atoms with E-state index in [9.17, 15) is 0 Å². The Balaban J connectivity index is 1.60. The van der Waals surface area contributed by atoms with Crippen LogP contribution in [-0.4, -0.2) is 44.8 Å². The van der Waals surface area contributed by atoms with Crippen molar-refractivity contribution in [2.75, 3.05) is 0 Å². The number of benzene rings is 1. The summed E-state index contributed by atoms with van der Waals surface area (Å²) in [7, 11) is 0. The number of nitrogens with zero attached hydrogens (tertiary/aromatic N) is 8. The van der Waals surface area contributed by atoms with E-state index < -0.39 is 0 Å². The van der Waals surface area contributed by atoms with E-state index in [1.165, 1.54) is 0 Å². The summed E-state index contributed by atoms with van der Waals surface area (Å²) >= 11 is 0. The van der Waals surface area contributed by atoms with Gasteiger partial charge in [-0.2, -0.15) is 0 Å². The molecule has 8 heteroatoms. The molecular weight excluding hydrogens is 472 g/mol. The van der Waals surface area contributed by atoms with Crippen LogP contribution in [-0.2, 0) is 0 Å². The number of hydrogen-bond acceptors (Lipinski definition) is 8. The molecule has 8 nitrogen and oxygen atoms in total. The third-order valence-corrected chi connectivity index (χ3v) is 5.17. The Morgan fingerprint density at radius 1 is 0.368 bits per heavy atom. The topological polar surface area (TPSA) is 101 Å². The van der Waals surface area contributed by atoms with E-state index in [4.69, 9.17) is 0 Å². The van der Waals surface area contributed by atoms with Crippen LogP contribution in [0.3, 0.4) is 0 Å². The monoisotopic (exact) mass is 494 g/mol. The van der Waals surface area contributed by atoms with Gasteiger partial charge in [0.15, 0.2) is 0 Å². The average Bonchev–Trinajstić information content (AvgIpc) is 2.99. The Kier molecular flexibility index (Phi) is 7.94. The molecule has 0 aliphatic rings. The molecule has 0 bridgehead atoms. The molecule has 38 heavy (non-hydrogen) atoms. The van der Waals surface area contributed by atoms with Crippen molar-refractivity contribution in [1.29, 1.82) is 0 Å². The minimum atomic E-state index is 0.604. The Hall–Kier alpha value is -5.50. The fraction of sp³-hybridized carbons (Fsp3) is 0. The first-order valence-electron chi connectivity index (χ1n) is 11.8. The van der Waals surface area contributed by atoms with Crippen LogP contribution in [0.4, 0.5) is 22.7 Å². The van der Waals surface area contributed by atoms with Crippen molar-refractivity contribution in [2.24, 2.45) is 20.0 Å². The fourth-order valence-corrected chi connectivity index (χ4v) is 3.32. The number of aliphatic imine (C=N–C) groups is 4. The first-order valence-corrected chi connectivity index (χ1v) is 11.8. The predicted octanol–water partition coefficient (Wildman–Crippen LogP) is 6.27. The van der Waals surface area contributed by atoms with Crippen LogP contribution in [0.1, 0.15) is 22.8 Å². The molecule has 0 N–H and O–H groups in total. The summed E-state index contributed by atoms with van der Waals surface area (Å²) in [4.78, 5) is 36.1. The maximum atomic E-state index is 4.69. The minimum absolute atomic E-state index is 0.604. The Labute approximate surface area is 220 Å². The molecule has 5 aromatic rings. The molecule has 0 aliphatic heterocycles. The van der Waals surface area contributed by atoms with Crippen LogP contribution in [0.15, 0.2) is 130 Å². The molecule has 0 saturated carbocycles. The van der Waals surface area contributed by atoms with Crippen molar-refractivity contribution in [1.82, 2.24) is 19.9 Å². The maximum absolute atomic E-state index is 4.69. The van der Waals surface area contributed by atoms with Gasteiger partial charge in [-0.3, -0.25) is 39.9 Å². The third-order valence-electron chi connectivity index (χ3n) is 5.17. The molecule has 1 aromatic carbocycles. The van der Waals surface area contributed by atoms with Crippen molar-refractivity contribution < 1.29 is 0 Å². The van der Waals surface area contributed by atoms with Crippen molar-refractivity contribution in [3.05, 3.63) is 132 Å². The van der Waals surface area contributed by atoms with Gasteiger partial charge in [0.1, 0.15) is 0 Å². The van der Waals surface area contributed by atoms with Gasteiger partial charge in [-0.15, -0.1) is 0 Å². The first-order chi connectivity index (χ1) is 18.8. The molecule has 4 aromatic heterocycles. The second kappa shape index (κ2) is 12.5.